The van der Waals surface area contributed by atoms with Gasteiger partial charge in [0.25, 0.3) is 0 Å². The van der Waals surface area contributed by atoms with E-state index in [0.717, 1.165) is 44.2 Å². The summed E-state index contributed by atoms with van der Waals surface area (Å²) in [6.45, 7) is 0. The van der Waals surface area contributed by atoms with Crippen molar-refractivity contribution in [1.82, 2.24) is 0 Å². The molecule has 0 aromatic heterocycles. The van der Waals surface area contributed by atoms with E-state index in [9.17, 15) is 22.4 Å². The minimum Gasteiger partial charge on any atom is -0.428 e. The first-order chi connectivity index (χ1) is 9.90. The molecule has 0 amide bonds. The Morgan fingerprint density at radius 2 is 1.86 bits per heavy atom. The van der Waals surface area contributed by atoms with E-state index in [4.69, 9.17) is 0 Å². The van der Waals surface area contributed by atoms with Crippen LogP contribution in [0, 0.1) is 5.92 Å². The lowest BCUT2D eigenvalue weighted by atomic mass is 9.84. The molecule has 0 atom stereocenters. The summed E-state index contributed by atoms with van der Waals surface area (Å²) in [4.78, 5) is 12.3. The van der Waals surface area contributed by atoms with Crippen LogP contribution in [0.25, 0.3) is 0 Å². The molecule has 21 heavy (non-hydrogen) atoms. The Hall–Kier alpha value is -1.59. The Kier molecular flexibility index (Phi) is 4.85. The summed E-state index contributed by atoms with van der Waals surface area (Å²) in [5.41, 5.74) is 0.226. The molecule has 0 unspecified atom stereocenters. The molecular weight excluding hydrogens is 288 g/mol. The third-order valence-corrected chi connectivity index (χ3v) is 3.60. The minimum atomic E-state index is -4.56. The molecule has 6 heteroatoms. The number of Topliss-reactive ketones (excluding diaryl/α,β-unsaturated/α-hetero) is 1. The molecule has 1 aliphatic rings. The molecule has 0 saturated heterocycles. The topological polar surface area (TPSA) is 26.3 Å². The molecule has 0 spiro atoms. The number of benzene rings is 1. The van der Waals surface area contributed by atoms with Gasteiger partial charge in [0.05, 0.1) is 0 Å². The van der Waals surface area contributed by atoms with Crippen molar-refractivity contribution in [2.24, 2.45) is 5.92 Å². The molecule has 2 nitrogen and oxygen atoms in total. The van der Waals surface area contributed by atoms with E-state index in [1.165, 1.54) is 12.1 Å². The zero-order chi connectivity index (χ0) is 15.5. The lowest BCUT2D eigenvalue weighted by Gasteiger charge is -2.21. The third-order valence-electron chi connectivity index (χ3n) is 3.60. The minimum absolute atomic E-state index is 0.121. The van der Waals surface area contributed by atoms with Crippen LogP contribution in [0.1, 0.15) is 42.5 Å². The van der Waals surface area contributed by atoms with Crippen LogP contribution >= 0.6 is 0 Å². The van der Waals surface area contributed by atoms with Crippen molar-refractivity contribution < 1.29 is 27.1 Å². The van der Waals surface area contributed by atoms with Crippen molar-refractivity contribution in [3.8, 4) is 5.75 Å². The lowest BCUT2D eigenvalue weighted by Crippen LogP contribution is -2.33. The monoisotopic (exact) mass is 304 g/mol. The normalized spacial score (nSPS) is 17.0. The highest BCUT2D eigenvalue weighted by atomic mass is 19.3. The van der Waals surface area contributed by atoms with E-state index in [1.807, 2.05) is 0 Å². The molecule has 0 N–H and O–H groups in total. The van der Waals surface area contributed by atoms with Gasteiger partial charge in [-0.2, -0.15) is 17.6 Å². The van der Waals surface area contributed by atoms with Crippen LogP contribution in [-0.4, -0.2) is 18.3 Å². The highest BCUT2D eigenvalue weighted by Gasteiger charge is 2.44. The maximum atomic E-state index is 12.9. The van der Waals surface area contributed by atoms with Gasteiger partial charge in [0.1, 0.15) is 5.75 Å². The average Bonchev–Trinajstić information content (AvgIpc) is 2.47. The summed E-state index contributed by atoms with van der Waals surface area (Å²) in [6.07, 6.45) is -3.91. The molecule has 0 bridgehead atoms. The summed E-state index contributed by atoms with van der Waals surface area (Å²) in [5, 5.41) is 0. The van der Waals surface area contributed by atoms with Crippen LogP contribution < -0.4 is 4.74 Å². The Labute approximate surface area is 120 Å². The molecule has 0 heterocycles. The number of halogens is 4. The fourth-order valence-corrected chi connectivity index (χ4v) is 2.52. The zero-order valence-corrected chi connectivity index (χ0v) is 11.3. The van der Waals surface area contributed by atoms with Crippen molar-refractivity contribution in [2.45, 2.75) is 44.6 Å². The van der Waals surface area contributed by atoms with Crippen molar-refractivity contribution in [3.05, 3.63) is 29.8 Å². The predicted octanol–water partition coefficient (Wildman–Crippen LogP) is 4.69. The average molecular weight is 304 g/mol. The maximum Gasteiger partial charge on any atom is 0.461 e. The Morgan fingerprint density at radius 3 is 2.48 bits per heavy atom. The molecule has 2 rings (SSSR count). The van der Waals surface area contributed by atoms with Gasteiger partial charge in [0.15, 0.2) is 5.78 Å². The fraction of sp³-hybridized carbons (Fsp3) is 0.533. The number of hydrogen-bond donors (Lipinski definition) is 0. The van der Waals surface area contributed by atoms with Gasteiger partial charge in [-0.3, -0.25) is 4.79 Å². The molecule has 116 valence electrons. The van der Waals surface area contributed by atoms with Gasteiger partial charge >= 0.3 is 12.5 Å². The van der Waals surface area contributed by atoms with Crippen LogP contribution in [0.5, 0.6) is 5.75 Å². The summed E-state index contributed by atoms with van der Waals surface area (Å²) >= 11 is 0. The van der Waals surface area contributed by atoms with Crippen LogP contribution in [-0.2, 0) is 0 Å². The van der Waals surface area contributed by atoms with E-state index in [1.54, 1.807) is 0 Å². The number of ketones is 1. The number of rotatable bonds is 5. The number of carbonyl (C=O) groups is 1. The first-order valence-electron chi connectivity index (χ1n) is 6.89. The van der Waals surface area contributed by atoms with E-state index < -0.39 is 18.3 Å². The SMILES string of the molecule is O=C(c1cccc(OC(F)(F)C(F)F)c1)C1CCCCC1. The first kappa shape index (κ1) is 15.8. The Bertz CT molecular complexity index is 496. The van der Waals surface area contributed by atoms with E-state index >= 15 is 0 Å². The van der Waals surface area contributed by atoms with Crippen molar-refractivity contribution in [2.75, 3.05) is 0 Å². The quantitative estimate of drug-likeness (QED) is 0.583. The Balaban J connectivity index is 2.12. The molecule has 1 aromatic rings. The Morgan fingerprint density at radius 1 is 1.19 bits per heavy atom. The van der Waals surface area contributed by atoms with Gasteiger partial charge in [-0.15, -0.1) is 0 Å². The summed E-state index contributed by atoms with van der Waals surface area (Å²) in [6, 6.07) is 5.08. The summed E-state index contributed by atoms with van der Waals surface area (Å²) < 4.78 is 53.9. The predicted molar refractivity (Wildman–Crippen MR) is 68.9 cm³/mol. The van der Waals surface area contributed by atoms with Crippen LogP contribution in [0.2, 0.25) is 0 Å². The highest BCUT2D eigenvalue weighted by molar-refractivity contribution is 5.98. The van der Waals surface area contributed by atoms with Gasteiger partial charge in [-0.05, 0) is 25.0 Å². The maximum absolute atomic E-state index is 12.9. The van der Waals surface area contributed by atoms with Crippen molar-refractivity contribution in [1.29, 1.82) is 0 Å². The standard InChI is InChI=1S/C15H16F4O2/c16-14(17)15(18,19)21-12-8-4-7-11(9-12)13(20)10-5-2-1-3-6-10/h4,7-10,14H,1-3,5-6H2. The largest absolute Gasteiger partial charge is 0.461 e. The second-order valence-corrected chi connectivity index (χ2v) is 5.19. The molecule has 0 radical (unpaired) electrons. The molecular formula is C15H16F4O2. The molecule has 0 aliphatic heterocycles. The van der Waals surface area contributed by atoms with Crippen LogP contribution in [0.15, 0.2) is 24.3 Å². The highest BCUT2D eigenvalue weighted by Crippen LogP contribution is 2.30. The van der Waals surface area contributed by atoms with Gasteiger partial charge < -0.3 is 4.74 Å². The van der Waals surface area contributed by atoms with Gasteiger partial charge in [-0.25, -0.2) is 0 Å². The van der Waals surface area contributed by atoms with Gasteiger partial charge in [-0.1, -0.05) is 31.4 Å². The number of alkyl halides is 4. The van der Waals surface area contributed by atoms with E-state index in [2.05, 4.69) is 4.74 Å². The second kappa shape index (κ2) is 6.45. The summed E-state index contributed by atoms with van der Waals surface area (Å²) in [5.74, 6) is -0.688. The molecule has 1 aromatic carbocycles. The zero-order valence-electron chi connectivity index (χ0n) is 11.3. The third kappa shape index (κ3) is 3.95. The number of ether oxygens (including phenoxy) is 1. The van der Waals surface area contributed by atoms with Crippen molar-refractivity contribution >= 4 is 5.78 Å². The van der Waals surface area contributed by atoms with Gasteiger partial charge in [0, 0.05) is 11.5 Å². The van der Waals surface area contributed by atoms with E-state index in [0.29, 0.717) is 0 Å². The second-order valence-electron chi connectivity index (χ2n) is 5.19. The van der Waals surface area contributed by atoms with Crippen LogP contribution in [0.4, 0.5) is 17.6 Å². The smallest absolute Gasteiger partial charge is 0.428 e. The number of hydrogen-bond acceptors (Lipinski definition) is 2. The summed E-state index contributed by atoms with van der Waals surface area (Å²) in [7, 11) is 0. The van der Waals surface area contributed by atoms with Gasteiger partial charge in [0.2, 0.25) is 0 Å². The molecule has 1 aliphatic carbocycles. The van der Waals surface area contributed by atoms with E-state index in [-0.39, 0.29) is 17.3 Å². The first-order valence-corrected chi connectivity index (χ1v) is 6.89. The molecule has 1 fully saturated rings. The molecule has 1 saturated carbocycles. The lowest BCUT2D eigenvalue weighted by molar-refractivity contribution is -0.253. The number of carbonyl (C=O) groups excluding carboxylic acids is 1. The van der Waals surface area contributed by atoms with Crippen LogP contribution in [0.3, 0.4) is 0 Å². The van der Waals surface area contributed by atoms with Crippen molar-refractivity contribution in [3.63, 3.8) is 0 Å². The fourth-order valence-electron chi connectivity index (χ4n) is 2.52.